The van der Waals surface area contributed by atoms with Crippen molar-refractivity contribution in [1.82, 2.24) is 4.98 Å². The third-order valence-electron chi connectivity index (χ3n) is 4.13. The van der Waals surface area contributed by atoms with E-state index in [1.165, 1.54) is 18.3 Å². The molecule has 0 radical (unpaired) electrons. The minimum atomic E-state index is -1.10. The number of halogens is 2. The fourth-order valence-corrected chi connectivity index (χ4v) is 2.81. The number of aromatic hydroxyl groups is 1. The monoisotopic (exact) mass is 379 g/mol. The average Bonchev–Trinajstić information content (AvgIpc) is 2.81. The lowest BCUT2D eigenvalue weighted by Crippen LogP contribution is -2.14. The summed E-state index contributed by atoms with van der Waals surface area (Å²) in [6.45, 7) is 0. The van der Waals surface area contributed by atoms with E-state index in [0.29, 0.717) is 23.0 Å². The molecule has 1 aromatic heterocycles. The third kappa shape index (κ3) is 2.93. The van der Waals surface area contributed by atoms with E-state index in [0.717, 1.165) is 6.07 Å². The first-order valence-corrected chi connectivity index (χ1v) is 8.03. The Balaban J connectivity index is 1.77. The van der Waals surface area contributed by atoms with Crippen LogP contribution in [0.5, 0.6) is 5.75 Å². The molecule has 3 aromatic rings. The van der Waals surface area contributed by atoms with Gasteiger partial charge in [-0.3, -0.25) is 4.79 Å². The maximum Gasteiger partial charge on any atom is 0.261 e. The Morgan fingerprint density at radius 1 is 1.04 bits per heavy atom. The van der Waals surface area contributed by atoms with Crippen LogP contribution >= 0.6 is 0 Å². The SMILES string of the molecule is N#Cc1ccc2c(c1)NC(=O)c1c(Nc3cc(O)c(F)cc3F)ccnc1N2. The molecule has 1 aliphatic rings. The van der Waals surface area contributed by atoms with Gasteiger partial charge in [0.05, 0.1) is 34.4 Å². The third-order valence-corrected chi connectivity index (χ3v) is 4.13. The van der Waals surface area contributed by atoms with Gasteiger partial charge in [-0.25, -0.2) is 13.8 Å². The van der Waals surface area contributed by atoms with Crippen LogP contribution in [0, 0.1) is 23.0 Å². The van der Waals surface area contributed by atoms with Gasteiger partial charge in [-0.15, -0.1) is 0 Å². The maximum atomic E-state index is 14.0. The summed E-state index contributed by atoms with van der Waals surface area (Å²) in [6, 6.07) is 9.57. The molecule has 2 aromatic carbocycles. The van der Waals surface area contributed by atoms with Gasteiger partial charge in [0.1, 0.15) is 17.2 Å². The summed E-state index contributed by atoms with van der Waals surface area (Å²) in [5.41, 5.74) is 1.34. The maximum absolute atomic E-state index is 14.0. The highest BCUT2D eigenvalue weighted by Gasteiger charge is 2.24. The highest BCUT2D eigenvalue weighted by Crippen LogP contribution is 2.36. The van der Waals surface area contributed by atoms with Crippen molar-refractivity contribution in [2.45, 2.75) is 0 Å². The van der Waals surface area contributed by atoms with Crippen LogP contribution in [-0.4, -0.2) is 16.0 Å². The van der Waals surface area contributed by atoms with Crippen LogP contribution in [0.3, 0.4) is 0 Å². The Bertz CT molecular complexity index is 1170. The molecule has 7 nitrogen and oxygen atoms in total. The molecule has 4 N–H and O–H groups in total. The summed E-state index contributed by atoms with van der Waals surface area (Å²) in [5, 5.41) is 26.9. The lowest BCUT2D eigenvalue weighted by Gasteiger charge is -2.14. The van der Waals surface area contributed by atoms with Crippen molar-refractivity contribution in [1.29, 1.82) is 5.26 Å². The standard InChI is InChI=1S/C19H11F2N5O2/c20-10-6-11(21)16(27)7-14(10)24-13-3-4-23-18-17(13)19(28)26-15-5-9(8-22)1-2-12(15)25-18/h1-7,27H,(H,26,28)(H2,23,24,25). The van der Waals surface area contributed by atoms with E-state index in [2.05, 4.69) is 20.9 Å². The van der Waals surface area contributed by atoms with E-state index in [1.54, 1.807) is 12.1 Å². The van der Waals surface area contributed by atoms with Gasteiger partial charge in [0.25, 0.3) is 5.91 Å². The number of carbonyl (C=O) groups excluding carboxylic acids is 1. The molecule has 0 spiro atoms. The Morgan fingerprint density at radius 3 is 2.64 bits per heavy atom. The topological polar surface area (TPSA) is 110 Å². The van der Waals surface area contributed by atoms with Gasteiger partial charge in [-0.05, 0) is 24.3 Å². The van der Waals surface area contributed by atoms with Crippen LogP contribution < -0.4 is 16.0 Å². The van der Waals surface area contributed by atoms with Gasteiger partial charge in [-0.2, -0.15) is 5.26 Å². The number of rotatable bonds is 2. The summed E-state index contributed by atoms with van der Waals surface area (Å²) >= 11 is 0. The molecular formula is C19H11F2N5O2. The molecule has 28 heavy (non-hydrogen) atoms. The molecule has 1 aliphatic heterocycles. The molecule has 9 heteroatoms. The number of amides is 1. The number of phenols is 1. The minimum absolute atomic E-state index is 0.0837. The van der Waals surface area contributed by atoms with Gasteiger partial charge in [-0.1, -0.05) is 0 Å². The molecule has 4 rings (SSSR count). The second-order valence-electron chi connectivity index (χ2n) is 5.94. The Labute approximate surface area is 157 Å². The smallest absolute Gasteiger partial charge is 0.261 e. The predicted octanol–water partition coefficient (Wildman–Crippen LogP) is 3.99. The largest absolute Gasteiger partial charge is 0.505 e. The van der Waals surface area contributed by atoms with E-state index in [9.17, 15) is 18.7 Å². The lowest BCUT2D eigenvalue weighted by atomic mass is 10.1. The van der Waals surface area contributed by atoms with Crippen LogP contribution in [-0.2, 0) is 0 Å². The van der Waals surface area contributed by atoms with Crippen molar-refractivity contribution < 1.29 is 18.7 Å². The summed E-state index contributed by atoms with van der Waals surface area (Å²) in [7, 11) is 0. The van der Waals surface area contributed by atoms with Crippen molar-refractivity contribution in [2.24, 2.45) is 0 Å². The van der Waals surface area contributed by atoms with Crippen molar-refractivity contribution >= 4 is 34.5 Å². The zero-order valence-corrected chi connectivity index (χ0v) is 14.0. The van der Waals surface area contributed by atoms with Crippen LogP contribution in [0.1, 0.15) is 15.9 Å². The first-order valence-electron chi connectivity index (χ1n) is 8.03. The molecule has 138 valence electrons. The van der Waals surface area contributed by atoms with Crippen LogP contribution in [0.25, 0.3) is 0 Å². The van der Waals surface area contributed by atoms with Crippen molar-refractivity contribution in [3.05, 3.63) is 65.4 Å². The summed E-state index contributed by atoms with van der Waals surface area (Å²) in [4.78, 5) is 16.9. The summed E-state index contributed by atoms with van der Waals surface area (Å²) in [5.74, 6) is -3.11. The number of anilines is 5. The Kier molecular flexibility index (Phi) is 4.01. The zero-order valence-electron chi connectivity index (χ0n) is 14.0. The number of hydrogen-bond donors (Lipinski definition) is 4. The fourth-order valence-electron chi connectivity index (χ4n) is 2.81. The second kappa shape index (κ2) is 6.51. The number of aromatic nitrogens is 1. The number of phenolic OH excluding ortho intramolecular Hbond substituents is 1. The molecule has 0 atom stereocenters. The number of nitriles is 1. The van der Waals surface area contributed by atoms with Gasteiger partial charge in [0.2, 0.25) is 0 Å². The Hall–Kier alpha value is -4.19. The number of pyridine rings is 1. The normalized spacial score (nSPS) is 12.0. The van der Waals surface area contributed by atoms with Crippen molar-refractivity contribution in [3.63, 3.8) is 0 Å². The highest BCUT2D eigenvalue weighted by molar-refractivity contribution is 6.15. The Morgan fingerprint density at radius 2 is 1.86 bits per heavy atom. The predicted molar refractivity (Wildman–Crippen MR) is 97.9 cm³/mol. The van der Waals surface area contributed by atoms with Crippen LogP contribution in [0.2, 0.25) is 0 Å². The highest BCUT2D eigenvalue weighted by atomic mass is 19.1. The van der Waals surface area contributed by atoms with Gasteiger partial charge in [0, 0.05) is 18.3 Å². The molecule has 2 heterocycles. The van der Waals surface area contributed by atoms with Crippen LogP contribution in [0.15, 0.2) is 42.6 Å². The van der Waals surface area contributed by atoms with Gasteiger partial charge in [0.15, 0.2) is 11.6 Å². The first-order chi connectivity index (χ1) is 13.5. The van der Waals surface area contributed by atoms with E-state index in [-0.39, 0.29) is 22.8 Å². The lowest BCUT2D eigenvalue weighted by molar-refractivity contribution is 0.102. The quantitative estimate of drug-likeness (QED) is 0.536. The molecule has 1 amide bonds. The molecule has 0 fully saturated rings. The van der Waals surface area contributed by atoms with Crippen LogP contribution in [0.4, 0.5) is 37.3 Å². The molecule has 0 bridgehead atoms. The minimum Gasteiger partial charge on any atom is -0.505 e. The van der Waals surface area contributed by atoms with E-state index in [1.807, 2.05) is 6.07 Å². The van der Waals surface area contributed by atoms with Crippen molar-refractivity contribution in [3.8, 4) is 11.8 Å². The average molecular weight is 379 g/mol. The second-order valence-corrected chi connectivity index (χ2v) is 5.94. The number of carbonyl (C=O) groups is 1. The number of fused-ring (bicyclic) bond motifs is 2. The van der Waals surface area contributed by atoms with E-state index >= 15 is 0 Å². The molecule has 0 saturated carbocycles. The zero-order chi connectivity index (χ0) is 19.8. The molecule has 0 saturated heterocycles. The summed E-state index contributed by atoms with van der Waals surface area (Å²) in [6.07, 6.45) is 1.40. The first kappa shape index (κ1) is 17.2. The van der Waals surface area contributed by atoms with E-state index < -0.39 is 23.3 Å². The van der Waals surface area contributed by atoms with Gasteiger partial charge < -0.3 is 21.1 Å². The van der Waals surface area contributed by atoms with Crippen molar-refractivity contribution in [2.75, 3.05) is 16.0 Å². The van der Waals surface area contributed by atoms with Gasteiger partial charge >= 0.3 is 0 Å². The number of nitrogens with one attached hydrogen (secondary N) is 3. The number of hydrogen-bond acceptors (Lipinski definition) is 6. The summed E-state index contributed by atoms with van der Waals surface area (Å²) < 4.78 is 27.3. The number of nitrogens with zero attached hydrogens (tertiary/aromatic N) is 2. The molecular weight excluding hydrogens is 368 g/mol. The number of benzene rings is 2. The van der Waals surface area contributed by atoms with E-state index in [4.69, 9.17) is 5.26 Å². The fraction of sp³-hybridized carbons (Fsp3) is 0. The molecule has 0 aliphatic carbocycles. The molecule has 0 unspecified atom stereocenters.